The summed E-state index contributed by atoms with van der Waals surface area (Å²) < 4.78 is 12.9. The fourth-order valence-corrected chi connectivity index (χ4v) is 2.71. The Morgan fingerprint density at radius 1 is 1.00 bits per heavy atom. The largest absolute Gasteiger partial charge is 0.387 e. The van der Waals surface area contributed by atoms with Crippen molar-refractivity contribution in [2.24, 2.45) is 0 Å². The Hall–Kier alpha value is -2.72. The quantitative estimate of drug-likeness (QED) is 0.756. The molecule has 0 aliphatic rings. The number of benzene rings is 3. The van der Waals surface area contributed by atoms with E-state index in [1.54, 1.807) is 12.1 Å². The van der Waals surface area contributed by atoms with Gasteiger partial charge >= 0.3 is 0 Å². The van der Waals surface area contributed by atoms with Crippen molar-refractivity contribution in [1.29, 1.82) is 0 Å². The Labute approximate surface area is 139 Å². The second-order valence-electron chi connectivity index (χ2n) is 5.69. The Morgan fingerprint density at radius 2 is 1.71 bits per heavy atom. The van der Waals surface area contributed by atoms with Gasteiger partial charge in [0.25, 0.3) is 0 Å². The van der Waals surface area contributed by atoms with Gasteiger partial charge in [-0.05, 0) is 34.0 Å². The molecule has 0 unspecified atom stereocenters. The molecule has 0 bridgehead atoms. The monoisotopic (exact) mass is 323 g/mol. The summed E-state index contributed by atoms with van der Waals surface area (Å²) in [4.78, 5) is 12.0. The number of amides is 1. The molecule has 0 aliphatic heterocycles. The predicted octanol–water partition coefficient (Wildman–Crippen LogP) is 3.37. The van der Waals surface area contributed by atoms with Gasteiger partial charge in [0.2, 0.25) is 5.91 Å². The zero-order valence-electron chi connectivity index (χ0n) is 13.1. The standard InChI is InChI=1S/C20H18FNO2/c21-16-10-8-14(9-11-16)12-20(24)22-13-19(23)18-7-3-5-15-4-1-2-6-17(15)18/h1-11,19,23H,12-13H2,(H,22,24)/t19-/m0/s1. The molecule has 0 spiro atoms. The van der Waals surface area contributed by atoms with Crippen molar-refractivity contribution in [3.8, 4) is 0 Å². The normalized spacial score (nSPS) is 12.1. The van der Waals surface area contributed by atoms with Gasteiger partial charge in [-0.25, -0.2) is 4.39 Å². The highest BCUT2D eigenvalue weighted by Gasteiger charge is 2.12. The molecule has 4 heteroatoms. The summed E-state index contributed by atoms with van der Waals surface area (Å²) in [6.45, 7) is 0.133. The maximum absolute atomic E-state index is 12.9. The van der Waals surface area contributed by atoms with Gasteiger partial charge in [-0.2, -0.15) is 0 Å². The first kappa shape index (κ1) is 16.1. The average Bonchev–Trinajstić information content (AvgIpc) is 2.61. The number of nitrogens with one attached hydrogen (secondary N) is 1. The van der Waals surface area contributed by atoms with Gasteiger partial charge in [-0.1, -0.05) is 54.6 Å². The third-order valence-electron chi connectivity index (χ3n) is 3.95. The first-order valence-electron chi connectivity index (χ1n) is 7.80. The van der Waals surface area contributed by atoms with Crippen LogP contribution < -0.4 is 5.32 Å². The molecule has 0 aliphatic carbocycles. The summed E-state index contributed by atoms with van der Waals surface area (Å²) in [5.41, 5.74) is 1.52. The van der Waals surface area contributed by atoms with Crippen LogP contribution >= 0.6 is 0 Å². The highest BCUT2D eigenvalue weighted by atomic mass is 19.1. The van der Waals surface area contributed by atoms with Crippen molar-refractivity contribution < 1.29 is 14.3 Å². The van der Waals surface area contributed by atoms with Gasteiger partial charge < -0.3 is 10.4 Å². The number of aliphatic hydroxyl groups is 1. The van der Waals surface area contributed by atoms with E-state index in [2.05, 4.69) is 5.32 Å². The first-order chi connectivity index (χ1) is 11.6. The molecule has 0 heterocycles. The lowest BCUT2D eigenvalue weighted by Gasteiger charge is -2.15. The lowest BCUT2D eigenvalue weighted by molar-refractivity contribution is -0.120. The fourth-order valence-electron chi connectivity index (χ4n) is 2.71. The lowest BCUT2D eigenvalue weighted by atomic mass is 10.0. The van der Waals surface area contributed by atoms with E-state index in [9.17, 15) is 14.3 Å². The van der Waals surface area contributed by atoms with Crippen LogP contribution in [0.3, 0.4) is 0 Å². The molecule has 0 saturated heterocycles. The fraction of sp³-hybridized carbons (Fsp3) is 0.150. The highest BCUT2D eigenvalue weighted by molar-refractivity contribution is 5.86. The minimum absolute atomic E-state index is 0.133. The maximum atomic E-state index is 12.9. The van der Waals surface area contributed by atoms with Crippen LogP contribution in [0, 0.1) is 5.82 Å². The third-order valence-corrected chi connectivity index (χ3v) is 3.95. The smallest absolute Gasteiger partial charge is 0.224 e. The Bertz CT molecular complexity index is 840. The van der Waals surface area contributed by atoms with Crippen LogP contribution in [0.5, 0.6) is 0 Å². The van der Waals surface area contributed by atoms with E-state index in [1.807, 2.05) is 42.5 Å². The van der Waals surface area contributed by atoms with Crippen LogP contribution in [0.25, 0.3) is 10.8 Å². The van der Waals surface area contributed by atoms with Gasteiger partial charge in [0.1, 0.15) is 5.82 Å². The lowest BCUT2D eigenvalue weighted by Crippen LogP contribution is -2.29. The molecule has 1 amide bonds. The molecular formula is C20H18FNO2. The Morgan fingerprint density at radius 3 is 2.50 bits per heavy atom. The number of fused-ring (bicyclic) bond motifs is 1. The summed E-state index contributed by atoms with van der Waals surface area (Å²) in [5, 5.41) is 15.2. The summed E-state index contributed by atoms with van der Waals surface area (Å²) in [5.74, 6) is -0.536. The minimum Gasteiger partial charge on any atom is -0.387 e. The second kappa shape index (κ2) is 7.23. The molecule has 2 N–H and O–H groups in total. The summed E-state index contributed by atoms with van der Waals surface area (Å²) in [6, 6.07) is 19.4. The number of aliphatic hydroxyl groups excluding tert-OH is 1. The van der Waals surface area contributed by atoms with Crippen LogP contribution in [-0.4, -0.2) is 17.6 Å². The molecule has 3 nitrogen and oxygen atoms in total. The zero-order valence-corrected chi connectivity index (χ0v) is 13.1. The summed E-state index contributed by atoms with van der Waals surface area (Å²) in [7, 11) is 0. The van der Waals surface area contributed by atoms with Crippen molar-refractivity contribution >= 4 is 16.7 Å². The molecule has 3 rings (SSSR count). The Balaban J connectivity index is 1.63. The molecule has 0 aromatic heterocycles. The topological polar surface area (TPSA) is 49.3 Å². The van der Waals surface area contributed by atoms with Crippen molar-refractivity contribution in [3.63, 3.8) is 0 Å². The van der Waals surface area contributed by atoms with E-state index in [4.69, 9.17) is 0 Å². The number of hydrogen-bond acceptors (Lipinski definition) is 2. The van der Waals surface area contributed by atoms with E-state index < -0.39 is 6.10 Å². The number of halogens is 1. The van der Waals surface area contributed by atoms with Crippen molar-refractivity contribution in [1.82, 2.24) is 5.32 Å². The second-order valence-corrected chi connectivity index (χ2v) is 5.69. The number of rotatable bonds is 5. The van der Waals surface area contributed by atoms with Gasteiger partial charge in [0.05, 0.1) is 12.5 Å². The maximum Gasteiger partial charge on any atom is 0.224 e. The third kappa shape index (κ3) is 3.78. The van der Waals surface area contributed by atoms with E-state index in [0.29, 0.717) is 0 Å². The number of carbonyl (C=O) groups excluding carboxylic acids is 1. The molecule has 3 aromatic rings. The number of hydrogen-bond donors (Lipinski definition) is 2. The first-order valence-corrected chi connectivity index (χ1v) is 7.80. The van der Waals surface area contributed by atoms with Crippen LogP contribution in [0.2, 0.25) is 0 Å². The SMILES string of the molecule is O=C(Cc1ccc(F)cc1)NC[C@H](O)c1cccc2ccccc12. The molecule has 3 aromatic carbocycles. The summed E-state index contributed by atoms with van der Waals surface area (Å²) >= 11 is 0. The van der Waals surface area contributed by atoms with Crippen LogP contribution in [0.1, 0.15) is 17.2 Å². The molecular weight excluding hydrogens is 305 g/mol. The van der Waals surface area contributed by atoms with Gasteiger partial charge in [0, 0.05) is 6.54 Å². The minimum atomic E-state index is -0.784. The Kier molecular flexibility index (Phi) is 4.87. The molecule has 0 saturated carbocycles. The zero-order chi connectivity index (χ0) is 16.9. The van der Waals surface area contributed by atoms with Gasteiger partial charge in [0.15, 0.2) is 0 Å². The molecule has 0 fully saturated rings. The molecule has 1 atom stereocenters. The van der Waals surface area contributed by atoms with Crippen LogP contribution in [-0.2, 0) is 11.2 Å². The van der Waals surface area contributed by atoms with E-state index in [0.717, 1.165) is 21.9 Å². The highest BCUT2D eigenvalue weighted by Crippen LogP contribution is 2.23. The van der Waals surface area contributed by atoms with Gasteiger partial charge in [-0.15, -0.1) is 0 Å². The van der Waals surface area contributed by atoms with E-state index in [-0.39, 0.29) is 24.7 Å². The van der Waals surface area contributed by atoms with Gasteiger partial charge in [-0.3, -0.25) is 4.79 Å². The van der Waals surface area contributed by atoms with Crippen LogP contribution in [0.4, 0.5) is 4.39 Å². The van der Waals surface area contributed by atoms with Crippen molar-refractivity contribution in [2.75, 3.05) is 6.54 Å². The van der Waals surface area contributed by atoms with Crippen LogP contribution in [0.15, 0.2) is 66.7 Å². The average molecular weight is 323 g/mol. The molecule has 0 radical (unpaired) electrons. The van der Waals surface area contributed by atoms with Crippen molar-refractivity contribution in [2.45, 2.75) is 12.5 Å². The summed E-state index contributed by atoms with van der Waals surface area (Å²) in [6.07, 6.45) is -0.629. The molecule has 122 valence electrons. The van der Waals surface area contributed by atoms with Crippen molar-refractivity contribution in [3.05, 3.63) is 83.7 Å². The van der Waals surface area contributed by atoms with E-state index >= 15 is 0 Å². The number of carbonyl (C=O) groups is 1. The molecule has 24 heavy (non-hydrogen) atoms. The predicted molar refractivity (Wildman–Crippen MR) is 92.0 cm³/mol. The van der Waals surface area contributed by atoms with E-state index in [1.165, 1.54) is 12.1 Å².